The predicted octanol–water partition coefficient (Wildman–Crippen LogP) is 4.35. The van der Waals surface area contributed by atoms with E-state index in [2.05, 4.69) is 10.3 Å². The molecule has 4 heterocycles. The summed E-state index contributed by atoms with van der Waals surface area (Å²) >= 11 is 1.27. The van der Waals surface area contributed by atoms with E-state index in [9.17, 15) is 32.8 Å². The molecule has 50 heavy (non-hydrogen) atoms. The number of imide groups is 1. The Bertz CT molecular complexity index is 1770. The van der Waals surface area contributed by atoms with Crippen LogP contribution in [0.1, 0.15) is 79.7 Å². The lowest BCUT2D eigenvalue weighted by Crippen LogP contribution is -2.51. The minimum atomic E-state index is -2.71. The van der Waals surface area contributed by atoms with Gasteiger partial charge in [0.2, 0.25) is 11.8 Å². The first kappa shape index (κ1) is 33.8. The molecule has 4 aliphatic rings. The number of ether oxygens (including phenoxy) is 1. The normalized spacial score (nSPS) is 23.2. The van der Waals surface area contributed by atoms with Gasteiger partial charge in [0.05, 0.1) is 48.5 Å². The van der Waals surface area contributed by atoms with Gasteiger partial charge in [0.15, 0.2) is 0 Å². The number of fused-ring (bicyclic) bond motifs is 2. The number of nitrogens with one attached hydrogen (secondary N) is 1. The second-order valence-electron chi connectivity index (χ2n) is 13.2. The van der Waals surface area contributed by atoms with Gasteiger partial charge in [-0.3, -0.25) is 33.9 Å². The molecule has 1 aliphatic carbocycles. The maximum atomic E-state index is 14.6. The first-order chi connectivity index (χ1) is 24.2. The van der Waals surface area contributed by atoms with Crippen LogP contribution in [-0.4, -0.2) is 94.5 Å². The van der Waals surface area contributed by atoms with Crippen molar-refractivity contribution in [3.63, 3.8) is 0 Å². The highest BCUT2D eigenvalue weighted by atomic mass is 32.1. The van der Waals surface area contributed by atoms with Crippen molar-refractivity contribution in [2.45, 2.75) is 57.1 Å². The molecule has 1 aromatic heterocycles. The van der Waals surface area contributed by atoms with Gasteiger partial charge in [-0.25, -0.2) is 8.78 Å². The number of rotatable bonds is 9. The van der Waals surface area contributed by atoms with Gasteiger partial charge in [0.25, 0.3) is 24.1 Å². The number of halogens is 2. The molecule has 7 rings (SSSR count). The molecule has 4 atom stereocenters. The summed E-state index contributed by atoms with van der Waals surface area (Å²) in [7, 11) is 0. The highest BCUT2D eigenvalue weighted by Gasteiger charge is 2.45. The van der Waals surface area contributed by atoms with Gasteiger partial charge in [-0.05, 0) is 43.0 Å². The molecule has 11 nitrogen and oxygen atoms in total. The fraction of sp³-hybridized carbons (Fsp3) is 0.444. The van der Waals surface area contributed by atoms with Gasteiger partial charge in [0, 0.05) is 36.9 Å². The minimum absolute atomic E-state index is 0.117. The van der Waals surface area contributed by atoms with Crippen molar-refractivity contribution in [1.82, 2.24) is 25.0 Å². The molecule has 5 amide bonds. The predicted molar refractivity (Wildman–Crippen MR) is 178 cm³/mol. The standard InChI is InChI=1S/C36H37F2N5O6S/c37-30(38)17-40-32(44)23-7-1-2-8-24(23)33(45)42-15-12-21-6-5-11-28(49-22-13-14-41(18-22)36(48)29-16-39-20-50-29)31(21)27(42)19-43-34(46)25-9-3-4-10-26(25)35(43)47/h3-6,9-11,16,20,22-24,27,30H,1-2,7-8,12-15,17-19H2,(H,40,44)/t22?,23-,24?,27-/m1/s1. The smallest absolute Gasteiger partial charge is 0.265 e. The van der Waals surface area contributed by atoms with Crippen LogP contribution in [-0.2, 0) is 16.0 Å². The van der Waals surface area contributed by atoms with E-state index in [1.807, 2.05) is 12.1 Å². The van der Waals surface area contributed by atoms with E-state index in [0.717, 1.165) is 5.56 Å². The molecular formula is C36H37F2N5O6S. The SMILES string of the molecule is O=C(NCC(F)F)[C@@H]1CCCCC1C(=O)N1CCc2cccc(OC3CCN(C(=O)c4cncs4)C3)c2[C@H]1CN1C(=O)c2ccccc2C1=O. The quantitative estimate of drug-likeness (QED) is 0.328. The van der Waals surface area contributed by atoms with Gasteiger partial charge in [-0.1, -0.05) is 37.1 Å². The number of hydrogen-bond acceptors (Lipinski definition) is 8. The maximum absolute atomic E-state index is 14.6. The summed E-state index contributed by atoms with van der Waals surface area (Å²) in [4.78, 5) is 77.0. The summed E-state index contributed by atoms with van der Waals surface area (Å²) in [5, 5.41) is 2.31. The lowest BCUT2D eigenvalue weighted by Gasteiger charge is -2.43. The number of carbonyl (C=O) groups excluding carboxylic acids is 5. The highest BCUT2D eigenvalue weighted by molar-refractivity contribution is 7.11. The van der Waals surface area contributed by atoms with E-state index in [1.54, 1.807) is 51.8 Å². The summed E-state index contributed by atoms with van der Waals surface area (Å²) in [6.45, 7) is 0.192. The molecule has 1 N–H and O–H groups in total. The van der Waals surface area contributed by atoms with Crippen molar-refractivity contribution in [3.05, 3.63) is 81.3 Å². The molecule has 3 aromatic rings. The number of amides is 5. The van der Waals surface area contributed by atoms with Crippen molar-refractivity contribution in [2.75, 3.05) is 32.7 Å². The first-order valence-electron chi connectivity index (χ1n) is 17.0. The van der Waals surface area contributed by atoms with Gasteiger partial charge in [0.1, 0.15) is 16.7 Å². The molecule has 3 aliphatic heterocycles. The van der Waals surface area contributed by atoms with Gasteiger partial charge < -0.3 is 19.9 Å². The summed E-state index contributed by atoms with van der Waals surface area (Å²) in [6.07, 6.45) is 1.74. The van der Waals surface area contributed by atoms with Crippen molar-refractivity contribution in [3.8, 4) is 5.75 Å². The maximum Gasteiger partial charge on any atom is 0.265 e. The van der Waals surface area contributed by atoms with Gasteiger partial charge in [-0.15, -0.1) is 11.3 Å². The number of benzene rings is 2. The average molecular weight is 706 g/mol. The van der Waals surface area contributed by atoms with Crippen molar-refractivity contribution >= 4 is 40.9 Å². The second kappa shape index (κ2) is 14.3. The number of hydrogen-bond donors (Lipinski definition) is 1. The molecule has 262 valence electrons. The number of carbonyl (C=O) groups is 5. The molecule has 1 saturated carbocycles. The Morgan fingerprint density at radius 1 is 0.960 bits per heavy atom. The van der Waals surface area contributed by atoms with Gasteiger partial charge >= 0.3 is 0 Å². The van der Waals surface area contributed by atoms with E-state index in [-0.39, 0.29) is 42.1 Å². The molecule has 1 saturated heterocycles. The van der Waals surface area contributed by atoms with Gasteiger partial charge in [-0.2, -0.15) is 0 Å². The Labute approximate surface area is 291 Å². The van der Waals surface area contributed by atoms with Crippen LogP contribution < -0.4 is 10.1 Å². The van der Waals surface area contributed by atoms with E-state index in [4.69, 9.17) is 4.74 Å². The zero-order chi connectivity index (χ0) is 34.9. The zero-order valence-corrected chi connectivity index (χ0v) is 28.1. The molecule has 0 bridgehead atoms. The molecule has 0 spiro atoms. The Morgan fingerprint density at radius 2 is 1.70 bits per heavy atom. The lowest BCUT2D eigenvalue weighted by molar-refractivity contribution is -0.146. The van der Waals surface area contributed by atoms with E-state index in [0.29, 0.717) is 67.8 Å². The third-order valence-electron chi connectivity index (χ3n) is 10.2. The topological polar surface area (TPSA) is 129 Å². The summed E-state index contributed by atoms with van der Waals surface area (Å²) in [5.74, 6) is -2.95. The van der Waals surface area contributed by atoms with Crippen LogP contribution in [0.4, 0.5) is 8.78 Å². The zero-order valence-electron chi connectivity index (χ0n) is 27.3. The van der Waals surface area contributed by atoms with Crippen LogP contribution in [0.25, 0.3) is 0 Å². The van der Waals surface area contributed by atoms with Crippen molar-refractivity contribution < 1.29 is 37.5 Å². The van der Waals surface area contributed by atoms with E-state index >= 15 is 0 Å². The molecule has 14 heteroatoms. The highest BCUT2D eigenvalue weighted by Crippen LogP contribution is 2.42. The number of nitrogens with zero attached hydrogens (tertiary/aromatic N) is 4. The minimum Gasteiger partial charge on any atom is -0.488 e. The molecular weight excluding hydrogens is 668 g/mol. The van der Waals surface area contributed by atoms with Crippen LogP contribution >= 0.6 is 11.3 Å². The largest absolute Gasteiger partial charge is 0.488 e. The third kappa shape index (κ3) is 6.48. The van der Waals surface area contributed by atoms with Crippen LogP contribution in [0.15, 0.2) is 54.2 Å². The van der Waals surface area contributed by atoms with Crippen LogP contribution in [0.5, 0.6) is 5.75 Å². The summed E-state index contributed by atoms with van der Waals surface area (Å²) < 4.78 is 32.6. The Balaban J connectivity index is 1.20. The number of alkyl halides is 2. The summed E-state index contributed by atoms with van der Waals surface area (Å²) in [6, 6.07) is 11.4. The van der Waals surface area contributed by atoms with Crippen molar-refractivity contribution in [1.29, 1.82) is 0 Å². The fourth-order valence-corrected chi connectivity index (χ4v) is 8.39. The van der Waals surface area contributed by atoms with E-state index < -0.39 is 48.6 Å². The molecule has 2 unspecified atom stereocenters. The number of aromatic nitrogens is 1. The van der Waals surface area contributed by atoms with Crippen molar-refractivity contribution in [2.24, 2.45) is 11.8 Å². The molecule has 0 radical (unpaired) electrons. The molecule has 2 fully saturated rings. The monoisotopic (exact) mass is 705 g/mol. The fourth-order valence-electron chi connectivity index (χ4n) is 7.80. The molecule has 2 aromatic carbocycles. The number of thiazole rings is 1. The third-order valence-corrected chi connectivity index (χ3v) is 11.0. The Morgan fingerprint density at radius 3 is 2.40 bits per heavy atom. The van der Waals surface area contributed by atoms with Crippen LogP contribution in [0, 0.1) is 11.8 Å². The Kier molecular flexibility index (Phi) is 9.63. The van der Waals surface area contributed by atoms with Crippen LogP contribution in [0.3, 0.4) is 0 Å². The van der Waals surface area contributed by atoms with Crippen LogP contribution in [0.2, 0.25) is 0 Å². The number of likely N-dealkylation sites (tertiary alicyclic amines) is 1. The lowest BCUT2D eigenvalue weighted by atomic mass is 9.77. The van der Waals surface area contributed by atoms with E-state index in [1.165, 1.54) is 16.2 Å². The average Bonchev–Trinajstić information content (AvgIpc) is 3.89. The first-order valence-corrected chi connectivity index (χ1v) is 17.9. The summed E-state index contributed by atoms with van der Waals surface area (Å²) in [5.41, 5.74) is 3.76. The Hall–Kier alpha value is -4.72. The second-order valence-corrected chi connectivity index (χ2v) is 14.1.